The molecule has 8 heteroatoms. The number of amides is 1. The van der Waals surface area contributed by atoms with Crippen molar-refractivity contribution in [3.63, 3.8) is 0 Å². The number of piperidine rings is 1. The van der Waals surface area contributed by atoms with Crippen molar-refractivity contribution in [1.82, 2.24) is 9.62 Å². The van der Waals surface area contributed by atoms with Crippen molar-refractivity contribution in [2.24, 2.45) is 0 Å². The Hall–Kier alpha value is -0.960. The number of hydrogen-bond acceptors (Lipinski definition) is 4. The Labute approximate surface area is 145 Å². The van der Waals surface area contributed by atoms with Crippen molar-refractivity contribution < 1.29 is 17.9 Å². The number of ether oxygens (including phenoxy) is 1. The van der Waals surface area contributed by atoms with Crippen molar-refractivity contribution in [1.29, 1.82) is 0 Å². The number of hydrogen-bond donors (Lipinski definition) is 1. The zero-order valence-corrected chi connectivity index (χ0v) is 15.5. The summed E-state index contributed by atoms with van der Waals surface area (Å²) >= 11 is 3.35. The number of carbonyl (C=O) groups is 1. The first-order chi connectivity index (χ1) is 11.0. The SMILES string of the molecule is COCCNS(=O)(=O)c1ccc(Br)c(C(=O)N2CCCCC2)c1. The molecule has 1 aromatic rings. The minimum absolute atomic E-state index is 0.0807. The Bertz CT molecular complexity index is 657. The fourth-order valence-corrected chi connectivity index (χ4v) is 3.92. The molecule has 0 aromatic heterocycles. The van der Waals surface area contributed by atoms with E-state index in [0.717, 1.165) is 19.3 Å². The fourth-order valence-electron chi connectivity index (χ4n) is 2.46. The van der Waals surface area contributed by atoms with Gasteiger partial charge in [-0.25, -0.2) is 13.1 Å². The Balaban J connectivity index is 2.22. The monoisotopic (exact) mass is 404 g/mol. The van der Waals surface area contributed by atoms with Crippen molar-refractivity contribution in [3.05, 3.63) is 28.2 Å². The minimum Gasteiger partial charge on any atom is -0.383 e. The van der Waals surface area contributed by atoms with Gasteiger partial charge in [-0.3, -0.25) is 4.79 Å². The molecule has 1 aliphatic rings. The summed E-state index contributed by atoms with van der Waals surface area (Å²) in [5.74, 6) is -0.134. The van der Waals surface area contributed by atoms with Gasteiger partial charge in [0.25, 0.3) is 5.91 Å². The molecule has 1 amide bonds. The average molecular weight is 405 g/mol. The Morgan fingerprint density at radius 3 is 2.65 bits per heavy atom. The summed E-state index contributed by atoms with van der Waals surface area (Å²) in [6.45, 7) is 1.91. The normalized spacial score (nSPS) is 15.7. The first-order valence-corrected chi connectivity index (χ1v) is 9.81. The molecule has 128 valence electrons. The second-order valence-electron chi connectivity index (χ2n) is 5.39. The number of likely N-dealkylation sites (tertiary alicyclic amines) is 1. The van der Waals surface area contributed by atoms with Crippen molar-refractivity contribution in [3.8, 4) is 0 Å². The summed E-state index contributed by atoms with van der Waals surface area (Å²) < 4.78 is 32.4. The number of carbonyl (C=O) groups excluding carboxylic acids is 1. The molecule has 0 bridgehead atoms. The molecule has 1 aromatic carbocycles. The van der Waals surface area contributed by atoms with Gasteiger partial charge in [0.15, 0.2) is 0 Å². The van der Waals surface area contributed by atoms with Crippen LogP contribution in [0.3, 0.4) is 0 Å². The fraction of sp³-hybridized carbons (Fsp3) is 0.533. The van der Waals surface area contributed by atoms with Crippen LogP contribution >= 0.6 is 15.9 Å². The maximum atomic E-state index is 12.6. The summed E-state index contributed by atoms with van der Waals surface area (Å²) in [6, 6.07) is 4.50. The molecule has 1 N–H and O–H groups in total. The maximum Gasteiger partial charge on any atom is 0.255 e. The number of sulfonamides is 1. The summed E-state index contributed by atoms with van der Waals surface area (Å²) in [6.07, 6.45) is 3.10. The highest BCUT2D eigenvalue weighted by Crippen LogP contribution is 2.24. The summed E-state index contributed by atoms with van der Waals surface area (Å²) in [5, 5.41) is 0. The third-order valence-corrected chi connectivity index (χ3v) is 5.87. The largest absolute Gasteiger partial charge is 0.383 e. The van der Waals surface area contributed by atoms with E-state index < -0.39 is 10.0 Å². The quantitative estimate of drug-likeness (QED) is 0.735. The summed E-state index contributed by atoms with van der Waals surface area (Å²) in [5.41, 5.74) is 0.376. The van der Waals surface area contributed by atoms with Gasteiger partial charge in [0.05, 0.1) is 17.1 Å². The van der Waals surface area contributed by atoms with Gasteiger partial charge in [0.2, 0.25) is 10.0 Å². The number of benzene rings is 1. The molecule has 0 unspecified atom stereocenters. The van der Waals surface area contributed by atoms with Gasteiger partial charge >= 0.3 is 0 Å². The number of rotatable bonds is 6. The van der Waals surface area contributed by atoms with E-state index in [9.17, 15) is 13.2 Å². The van der Waals surface area contributed by atoms with Crippen molar-refractivity contribution in [2.45, 2.75) is 24.2 Å². The first kappa shape index (κ1) is 18.4. The highest BCUT2D eigenvalue weighted by Gasteiger charge is 2.23. The van der Waals surface area contributed by atoms with E-state index in [-0.39, 0.29) is 24.0 Å². The number of methoxy groups -OCH3 is 1. The maximum absolute atomic E-state index is 12.6. The Kier molecular flexibility index (Phi) is 6.58. The number of nitrogens with zero attached hydrogens (tertiary/aromatic N) is 1. The molecule has 0 saturated carbocycles. The van der Waals surface area contributed by atoms with E-state index in [0.29, 0.717) is 23.1 Å². The lowest BCUT2D eigenvalue weighted by Crippen LogP contribution is -2.36. The molecular weight excluding hydrogens is 384 g/mol. The van der Waals surface area contributed by atoms with E-state index in [4.69, 9.17) is 4.74 Å². The summed E-state index contributed by atoms with van der Waals surface area (Å²) in [7, 11) is -2.15. The van der Waals surface area contributed by atoms with Crippen LogP contribution in [0, 0.1) is 0 Å². The van der Waals surface area contributed by atoms with Gasteiger partial charge in [-0.2, -0.15) is 0 Å². The van der Waals surface area contributed by atoms with E-state index in [1.54, 1.807) is 11.0 Å². The predicted octanol–water partition coefficient (Wildman–Crippen LogP) is 2.00. The molecule has 6 nitrogen and oxygen atoms in total. The number of nitrogens with one attached hydrogen (secondary N) is 1. The van der Waals surface area contributed by atoms with Crippen LogP contribution in [0.15, 0.2) is 27.6 Å². The van der Waals surface area contributed by atoms with Crippen molar-refractivity contribution in [2.75, 3.05) is 33.4 Å². The molecular formula is C15H21BrN2O4S. The lowest BCUT2D eigenvalue weighted by molar-refractivity contribution is 0.0723. The zero-order chi connectivity index (χ0) is 16.9. The van der Waals surface area contributed by atoms with Crippen LogP contribution in [0.4, 0.5) is 0 Å². The van der Waals surface area contributed by atoms with Gasteiger partial charge in [-0.05, 0) is 53.4 Å². The van der Waals surface area contributed by atoms with E-state index in [1.165, 1.54) is 19.2 Å². The second-order valence-corrected chi connectivity index (χ2v) is 8.01. The molecule has 0 atom stereocenters. The third-order valence-electron chi connectivity index (χ3n) is 3.72. The molecule has 0 radical (unpaired) electrons. The second kappa shape index (κ2) is 8.23. The van der Waals surface area contributed by atoms with Gasteiger partial charge < -0.3 is 9.64 Å². The molecule has 0 spiro atoms. The van der Waals surface area contributed by atoms with Gasteiger partial charge in [0, 0.05) is 31.2 Å². The molecule has 1 aliphatic heterocycles. The van der Waals surface area contributed by atoms with E-state index in [2.05, 4.69) is 20.7 Å². The van der Waals surface area contributed by atoms with Crippen LogP contribution in [-0.2, 0) is 14.8 Å². The molecule has 23 heavy (non-hydrogen) atoms. The molecule has 2 rings (SSSR count). The molecule has 1 fully saturated rings. The summed E-state index contributed by atoms with van der Waals surface area (Å²) in [4.78, 5) is 14.5. The topological polar surface area (TPSA) is 75.7 Å². The van der Waals surface area contributed by atoms with Crippen LogP contribution in [0.2, 0.25) is 0 Å². The first-order valence-electron chi connectivity index (χ1n) is 7.53. The molecule has 0 aliphatic carbocycles. The van der Waals surface area contributed by atoms with Crippen LogP contribution < -0.4 is 4.72 Å². The smallest absolute Gasteiger partial charge is 0.255 e. The van der Waals surface area contributed by atoms with Crippen molar-refractivity contribution >= 4 is 31.9 Å². The standard InChI is InChI=1S/C15H21BrN2O4S/c1-22-10-7-17-23(20,21)12-5-6-14(16)13(11-12)15(19)18-8-3-2-4-9-18/h5-6,11,17H,2-4,7-10H2,1H3. The van der Waals surface area contributed by atoms with Gasteiger partial charge in [-0.1, -0.05) is 0 Å². The van der Waals surface area contributed by atoms with E-state index >= 15 is 0 Å². The van der Waals surface area contributed by atoms with Crippen LogP contribution in [-0.4, -0.2) is 52.6 Å². The molecule has 1 saturated heterocycles. The zero-order valence-electron chi connectivity index (χ0n) is 13.0. The minimum atomic E-state index is -3.66. The van der Waals surface area contributed by atoms with Gasteiger partial charge in [0.1, 0.15) is 0 Å². The highest BCUT2D eigenvalue weighted by atomic mass is 79.9. The average Bonchev–Trinajstić information content (AvgIpc) is 2.55. The predicted molar refractivity (Wildman–Crippen MR) is 91.0 cm³/mol. The van der Waals surface area contributed by atoms with Crippen LogP contribution in [0.25, 0.3) is 0 Å². The Morgan fingerprint density at radius 1 is 1.30 bits per heavy atom. The van der Waals surface area contributed by atoms with Crippen LogP contribution in [0.5, 0.6) is 0 Å². The van der Waals surface area contributed by atoms with Crippen LogP contribution in [0.1, 0.15) is 29.6 Å². The Morgan fingerprint density at radius 2 is 2.00 bits per heavy atom. The van der Waals surface area contributed by atoms with E-state index in [1.807, 2.05) is 0 Å². The highest BCUT2D eigenvalue weighted by molar-refractivity contribution is 9.10. The molecule has 1 heterocycles. The lowest BCUT2D eigenvalue weighted by atomic mass is 10.1. The third kappa shape index (κ3) is 4.76. The number of halogens is 1. The van der Waals surface area contributed by atoms with Gasteiger partial charge in [-0.15, -0.1) is 0 Å². The lowest BCUT2D eigenvalue weighted by Gasteiger charge is -2.27.